The van der Waals surface area contributed by atoms with Crippen LogP contribution in [0.4, 0.5) is 4.39 Å². The maximum atomic E-state index is 14.1. The molecular formula is C23H29FO5. The van der Waals surface area contributed by atoms with Crippen LogP contribution in [0.5, 0.6) is 17.2 Å². The molecule has 0 N–H and O–H groups in total. The Hall–Kier alpha value is -2.76. The first-order valence-electron chi connectivity index (χ1n) is 9.56. The largest absolute Gasteiger partial charge is 0.493 e. The number of ether oxygens (including phenoxy) is 4. The Morgan fingerprint density at radius 1 is 1.00 bits per heavy atom. The molecule has 0 amide bonds. The minimum atomic E-state index is -0.536. The Bertz CT molecular complexity index is 827. The van der Waals surface area contributed by atoms with Crippen LogP contribution in [0.25, 0.3) is 0 Å². The zero-order valence-corrected chi connectivity index (χ0v) is 17.7. The Balaban J connectivity index is 1.90. The van der Waals surface area contributed by atoms with Crippen LogP contribution in [0, 0.1) is 5.82 Å². The van der Waals surface area contributed by atoms with E-state index >= 15 is 0 Å². The van der Waals surface area contributed by atoms with E-state index in [1.54, 1.807) is 12.1 Å². The molecule has 2 rings (SSSR count). The lowest BCUT2D eigenvalue weighted by Gasteiger charge is -2.19. The van der Waals surface area contributed by atoms with Gasteiger partial charge in [-0.2, -0.15) is 0 Å². The predicted molar refractivity (Wildman–Crippen MR) is 109 cm³/mol. The fraction of sp³-hybridized carbons (Fsp3) is 0.435. The van der Waals surface area contributed by atoms with Gasteiger partial charge in [0.2, 0.25) is 0 Å². The SMILES string of the molecule is COc1cc(CCCc2cccc(OCC(=O)OC(C)(C)C)c2)cc(F)c1OC. The van der Waals surface area contributed by atoms with E-state index in [0.717, 1.165) is 24.0 Å². The standard InChI is InChI=1S/C23H29FO5/c1-23(2,3)29-21(25)15-28-18-11-7-9-16(12-18)8-6-10-17-13-19(24)22(27-5)20(14-17)26-4/h7,9,11-14H,6,8,10,15H2,1-5H3. The number of esters is 1. The van der Waals surface area contributed by atoms with Crippen molar-refractivity contribution < 1.29 is 28.1 Å². The van der Waals surface area contributed by atoms with Crippen LogP contribution >= 0.6 is 0 Å². The third kappa shape index (κ3) is 7.29. The van der Waals surface area contributed by atoms with E-state index in [1.165, 1.54) is 20.3 Å². The Morgan fingerprint density at radius 3 is 2.38 bits per heavy atom. The van der Waals surface area contributed by atoms with Crippen molar-refractivity contribution in [2.75, 3.05) is 20.8 Å². The zero-order valence-electron chi connectivity index (χ0n) is 17.7. The molecule has 158 valence electrons. The van der Waals surface area contributed by atoms with Crippen molar-refractivity contribution in [3.05, 3.63) is 53.3 Å². The van der Waals surface area contributed by atoms with Gasteiger partial charge < -0.3 is 18.9 Å². The molecule has 29 heavy (non-hydrogen) atoms. The molecule has 2 aromatic carbocycles. The molecule has 0 aliphatic carbocycles. The summed E-state index contributed by atoms with van der Waals surface area (Å²) in [7, 11) is 2.91. The highest BCUT2D eigenvalue weighted by atomic mass is 19.1. The fourth-order valence-electron chi connectivity index (χ4n) is 2.92. The quantitative estimate of drug-likeness (QED) is 0.565. The lowest BCUT2D eigenvalue weighted by Crippen LogP contribution is -2.27. The second-order valence-corrected chi connectivity index (χ2v) is 7.69. The molecule has 0 radical (unpaired) electrons. The van der Waals surface area contributed by atoms with Gasteiger partial charge in [0, 0.05) is 0 Å². The normalized spacial score (nSPS) is 11.1. The number of methoxy groups -OCH3 is 2. The van der Waals surface area contributed by atoms with Crippen molar-refractivity contribution in [3.8, 4) is 17.2 Å². The third-order valence-corrected chi connectivity index (χ3v) is 4.10. The van der Waals surface area contributed by atoms with Gasteiger partial charge in [-0.25, -0.2) is 9.18 Å². The van der Waals surface area contributed by atoms with Crippen LogP contribution < -0.4 is 14.2 Å². The molecule has 2 aromatic rings. The monoisotopic (exact) mass is 404 g/mol. The first kappa shape index (κ1) is 22.5. The molecule has 0 saturated carbocycles. The van der Waals surface area contributed by atoms with Gasteiger partial charge in [-0.15, -0.1) is 0 Å². The summed E-state index contributed by atoms with van der Waals surface area (Å²) in [6, 6.07) is 10.9. The third-order valence-electron chi connectivity index (χ3n) is 4.10. The van der Waals surface area contributed by atoms with Gasteiger partial charge >= 0.3 is 5.97 Å². The molecule has 0 aliphatic heterocycles. The molecule has 0 atom stereocenters. The average Bonchev–Trinajstić information content (AvgIpc) is 2.65. The molecule has 0 bridgehead atoms. The smallest absolute Gasteiger partial charge is 0.344 e. The molecule has 0 aliphatic rings. The summed E-state index contributed by atoms with van der Waals surface area (Å²) in [4.78, 5) is 11.8. The van der Waals surface area contributed by atoms with E-state index in [0.29, 0.717) is 17.9 Å². The van der Waals surface area contributed by atoms with Gasteiger partial charge in [0.25, 0.3) is 0 Å². The van der Waals surface area contributed by atoms with E-state index in [9.17, 15) is 9.18 Å². The Morgan fingerprint density at radius 2 is 1.72 bits per heavy atom. The Kier molecular flexibility index (Phi) is 7.88. The second kappa shape index (κ2) is 10.1. The summed E-state index contributed by atoms with van der Waals surface area (Å²) < 4.78 is 35.1. The number of aryl methyl sites for hydroxylation is 2. The van der Waals surface area contributed by atoms with Gasteiger partial charge in [0.05, 0.1) is 14.2 Å². The predicted octanol–water partition coefficient (Wildman–Crippen LogP) is 4.74. The van der Waals surface area contributed by atoms with Gasteiger partial charge in [-0.3, -0.25) is 0 Å². The molecular weight excluding hydrogens is 375 g/mol. The number of hydrogen-bond donors (Lipinski definition) is 0. The molecule has 5 nitrogen and oxygen atoms in total. The molecule has 6 heteroatoms. The van der Waals surface area contributed by atoms with Crippen LogP contribution in [-0.4, -0.2) is 32.4 Å². The molecule has 0 saturated heterocycles. The highest BCUT2D eigenvalue weighted by Crippen LogP contribution is 2.31. The lowest BCUT2D eigenvalue weighted by molar-refractivity contribution is -0.157. The van der Waals surface area contributed by atoms with Crippen molar-refractivity contribution in [1.29, 1.82) is 0 Å². The highest BCUT2D eigenvalue weighted by Gasteiger charge is 2.16. The van der Waals surface area contributed by atoms with Gasteiger partial charge in [0.15, 0.2) is 23.9 Å². The van der Waals surface area contributed by atoms with E-state index < -0.39 is 17.4 Å². The molecule has 0 aromatic heterocycles. The topological polar surface area (TPSA) is 54.0 Å². The van der Waals surface area contributed by atoms with E-state index in [1.807, 2.05) is 39.0 Å². The maximum absolute atomic E-state index is 14.1. The van der Waals surface area contributed by atoms with Crippen LogP contribution in [0.1, 0.15) is 38.3 Å². The molecule has 0 spiro atoms. The summed E-state index contributed by atoms with van der Waals surface area (Å²) in [5.74, 6) is 0.287. The van der Waals surface area contributed by atoms with Gasteiger partial charge in [0.1, 0.15) is 11.4 Å². The molecule has 0 fully saturated rings. The maximum Gasteiger partial charge on any atom is 0.344 e. The van der Waals surface area contributed by atoms with Crippen LogP contribution in [0.2, 0.25) is 0 Å². The van der Waals surface area contributed by atoms with Crippen LogP contribution in [0.3, 0.4) is 0 Å². The number of carbonyl (C=O) groups is 1. The highest BCUT2D eigenvalue weighted by molar-refractivity contribution is 5.71. The van der Waals surface area contributed by atoms with Crippen molar-refractivity contribution in [2.24, 2.45) is 0 Å². The molecule has 0 unspecified atom stereocenters. The van der Waals surface area contributed by atoms with Crippen LogP contribution in [-0.2, 0) is 22.4 Å². The zero-order chi connectivity index (χ0) is 21.4. The summed E-state index contributed by atoms with van der Waals surface area (Å²) in [6.45, 7) is 5.31. The average molecular weight is 404 g/mol. The second-order valence-electron chi connectivity index (χ2n) is 7.69. The Labute approximate surface area is 171 Å². The van der Waals surface area contributed by atoms with Crippen molar-refractivity contribution in [3.63, 3.8) is 0 Å². The minimum absolute atomic E-state index is 0.117. The number of hydrogen-bond acceptors (Lipinski definition) is 5. The first-order chi connectivity index (χ1) is 13.7. The number of carbonyl (C=O) groups excluding carboxylic acids is 1. The van der Waals surface area contributed by atoms with E-state index in [2.05, 4.69) is 0 Å². The van der Waals surface area contributed by atoms with Crippen LogP contribution in [0.15, 0.2) is 36.4 Å². The lowest BCUT2D eigenvalue weighted by atomic mass is 10.0. The molecule has 0 heterocycles. The van der Waals surface area contributed by atoms with E-state index in [-0.39, 0.29) is 12.4 Å². The summed E-state index contributed by atoms with van der Waals surface area (Å²) in [5, 5.41) is 0. The number of halogens is 1. The fourth-order valence-corrected chi connectivity index (χ4v) is 2.92. The summed E-state index contributed by atoms with van der Waals surface area (Å²) in [5.41, 5.74) is 1.39. The minimum Gasteiger partial charge on any atom is -0.493 e. The first-order valence-corrected chi connectivity index (χ1v) is 9.56. The summed E-state index contributed by atoms with van der Waals surface area (Å²) in [6.07, 6.45) is 2.31. The van der Waals surface area contributed by atoms with Crippen molar-refractivity contribution in [1.82, 2.24) is 0 Å². The van der Waals surface area contributed by atoms with E-state index in [4.69, 9.17) is 18.9 Å². The summed E-state index contributed by atoms with van der Waals surface area (Å²) >= 11 is 0. The van der Waals surface area contributed by atoms with Gasteiger partial charge in [-0.1, -0.05) is 12.1 Å². The van der Waals surface area contributed by atoms with Crippen molar-refractivity contribution >= 4 is 5.97 Å². The van der Waals surface area contributed by atoms with Crippen molar-refractivity contribution in [2.45, 2.75) is 45.6 Å². The van der Waals surface area contributed by atoms with Gasteiger partial charge in [-0.05, 0) is 75.4 Å². The number of benzene rings is 2. The number of rotatable bonds is 9.